The number of hydrogen-bond donors (Lipinski definition) is 0. The van der Waals surface area contributed by atoms with Gasteiger partial charge >= 0.3 is 11.6 Å². The third-order valence-corrected chi connectivity index (χ3v) is 4.41. The average Bonchev–Trinajstić information content (AvgIpc) is 2.74. The molecule has 144 valence electrons. The van der Waals surface area contributed by atoms with Crippen molar-refractivity contribution in [2.24, 2.45) is 0 Å². The summed E-state index contributed by atoms with van der Waals surface area (Å²) in [6.07, 6.45) is 0. The van der Waals surface area contributed by atoms with Gasteiger partial charge in [0.05, 0.1) is 12.2 Å². The van der Waals surface area contributed by atoms with Gasteiger partial charge in [0.25, 0.3) is 0 Å². The molecule has 1 heterocycles. The number of ether oxygens (including phenoxy) is 2. The van der Waals surface area contributed by atoms with Gasteiger partial charge in [0.1, 0.15) is 22.6 Å². The SMILES string of the molecule is CCOc1ccccc1C(=O)Oc1ccc2cc(-c3ccccc3)c(=O)oc2c1. The minimum absolute atomic E-state index is 0.282. The van der Waals surface area contributed by atoms with Gasteiger partial charge in [0.15, 0.2) is 0 Å². The van der Waals surface area contributed by atoms with Gasteiger partial charge in [-0.05, 0) is 42.8 Å². The topological polar surface area (TPSA) is 65.7 Å². The van der Waals surface area contributed by atoms with E-state index in [1.165, 1.54) is 6.07 Å². The number of para-hydroxylation sites is 1. The summed E-state index contributed by atoms with van der Waals surface area (Å²) in [6, 6.07) is 22.9. The second-order valence-electron chi connectivity index (χ2n) is 6.33. The fourth-order valence-electron chi connectivity index (χ4n) is 3.05. The second-order valence-corrected chi connectivity index (χ2v) is 6.33. The third kappa shape index (κ3) is 3.89. The summed E-state index contributed by atoms with van der Waals surface area (Å²) >= 11 is 0. The van der Waals surface area contributed by atoms with Crippen LogP contribution in [0.1, 0.15) is 17.3 Å². The highest BCUT2D eigenvalue weighted by molar-refractivity contribution is 5.94. The lowest BCUT2D eigenvalue weighted by Crippen LogP contribution is -2.11. The first-order chi connectivity index (χ1) is 14.2. The van der Waals surface area contributed by atoms with Crippen molar-refractivity contribution in [1.29, 1.82) is 0 Å². The maximum atomic E-state index is 12.6. The van der Waals surface area contributed by atoms with Crippen LogP contribution in [-0.2, 0) is 0 Å². The molecule has 0 atom stereocenters. The first kappa shape index (κ1) is 18.5. The summed E-state index contributed by atoms with van der Waals surface area (Å²) in [6.45, 7) is 2.28. The Morgan fingerprint density at radius 3 is 2.48 bits per heavy atom. The summed E-state index contributed by atoms with van der Waals surface area (Å²) in [5, 5.41) is 0.734. The summed E-state index contributed by atoms with van der Waals surface area (Å²) in [5.41, 5.74) is 1.49. The maximum Gasteiger partial charge on any atom is 0.347 e. The molecule has 0 saturated heterocycles. The van der Waals surface area contributed by atoms with Crippen molar-refractivity contribution in [3.63, 3.8) is 0 Å². The van der Waals surface area contributed by atoms with Gasteiger partial charge in [0, 0.05) is 11.5 Å². The highest BCUT2D eigenvalue weighted by Gasteiger charge is 2.15. The lowest BCUT2D eigenvalue weighted by atomic mass is 10.1. The highest BCUT2D eigenvalue weighted by atomic mass is 16.5. The molecule has 0 fully saturated rings. The van der Waals surface area contributed by atoms with Gasteiger partial charge in [0.2, 0.25) is 0 Å². The first-order valence-electron chi connectivity index (χ1n) is 9.23. The number of hydrogen-bond acceptors (Lipinski definition) is 5. The van der Waals surface area contributed by atoms with Crippen LogP contribution in [0.4, 0.5) is 0 Å². The number of fused-ring (bicyclic) bond motifs is 1. The molecule has 0 bridgehead atoms. The highest BCUT2D eigenvalue weighted by Crippen LogP contribution is 2.26. The van der Waals surface area contributed by atoms with Crippen molar-refractivity contribution in [1.82, 2.24) is 0 Å². The van der Waals surface area contributed by atoms with E-state index in [1.54, 1.807) is 42.5 Å². The standard InChI is InChI=1S/C24H18O5/c1-2-27-21-11-7-6-10-19(21)23(25)28-18-13-12-17-14-20(16-8-4-3-5-9-16)24(26)29-22(17)15-18/h3-15H,2H2,1H3. The van der Waals surface area contributed by atoms with Crippen LogP contribution in [0.3, 0.4) is 0 Å². The number of rotatable bonds is 5. The minimum atomic E-state index is -0.545. The van der Waals surface area contributed by atoms with E-state index < -0.39 is 11.6 Å². The van der Waals surface area contributed by atoms with Crippen LogP contribution in [0.5, 0.6) is 11.5 Å². The van der Waals surface area contributed by atoms with E-state index in [0.29, 0.717) is 29.1 Å². The number of carbonyl (C=O) groups excluding carboxylic acids is 1. The molecular weight excluding hydrogens is 368 g/mol. The fraction of sp³-hybridized carbons (Fsp3) is 0.0833. The van der Waals surface area contributed by atoms with E-state index in [1.807, 2.05) is 37.3 Å². The molecule has 0 N–H and O–H groups in total. The zero-order chi connectivity index (χ0) is 20.2. The molecule has 0 saturated carbocycles. The molecule has 5 nitrogen and oxygen atoms in total. The molecule has 0 aliphatic carbocycles. The van der Waals surface area contributed by atoms with Crippen LogP contribution in [0.15, 0.2) is 88.1 Å². The van der Waals surface area contributed by atoms with E-state index >= 15 is 0 Å². The zero-order valence-electron chi connectivity index (χ0n) is 15.8. The van der Waals surface area contributed by atoms with Crippen LogP contribution in [0.2, 0.25) is 0 Å². The monoisotopic (exact) mass is 386 g/mol. The first-order valence-corrected chi connectivity index (χ1v) is 9.23. The van der Waals surface area contributed by atoms with Crippen molar-refractivity contribution >= 4 is 16.9 Å². The molecule has 0 spiro atoms. The van der Waals surface area contributed by atoms with E-state index in [4.69, 9.17) is 13.9 Å². The third-order valence-electron chi connectivity index (χ3n) is 4.41. The molecule has 4 rings (SSSR count). The number of esters is 1. The summed E-state index contributed by atoms with van der Waals surface area (Å²) in [5.74, 6) is 0.195. The normalized spacial score (nSPS) is 10.7. The van der Waals surface area contributed by atoms with Crippen LogP contribution in [-0.4, -0.2) is 12.6 Å². The van der Waals surface area contributed by atoms with Gasteiger partial charge in [-0.2, -0.15) is 0 Å². The lowest BCUT2D eigenvalue weighted by Gasteiger charge is -2.10. The molecule has 0 radical (unpaired) electrons. The minimum Gasteiger partial charge on any atom is -0.493 e. The molecule has 0 unspecified atom stereocenters. The van der Waals surface area contributed by atoms with Crippen molar-refractivity contribution in [2.45, 2.75) is 6.92 Å². The Labute approximate surface area is 167 Å². The summed E-state index contributed by atoms with van der Waals surface area (Å²) in [7, 11) is 0. The predicted octanol–water partition coefficient (Wildman–Crippen LogP) is 5.08. The Balaban J connectivity index is 1.65. The van der Waals surface area contributed by atoms with Gasteiger partial charge in [-0.3, -0.25) is 0 Å². The molecule has 29 heavy (non-hydrogen) atoms. The fourth-order valence-corrected chi connectivity index (χ4v) is 3.05. The van der Waals surface area contributed by atoms with E-state index in [0.717, 1.165) is 10.9 Å². The largest absolute Gasteiger partial charge is 0.493 e. The van der Waals surface area contributed by atoms with Crippen LogP contribution < -0.4 is 15.1 Å². The van der Waals surface area contributed by atoms with Crippen LogP contribution >= 0.6 is 0 Å². The molecule has 4 aromatic rings. The molecule has 1 aromatic heterocycles. The lowest BCUT2D eigenvalue weighted by molar-refractivity contribution is 0.0730. The van der Waals surface area contributed by atoms with E-state index in [-0.39, 0.29) is 5.75 Å². The van der Waals surface area contributed by atoms with Gasteiger partial charge in [-0.1, -0.05) is 42.5 Å². The van der Waals surface area contributed by atoms with Crippen molar-refractivity contribution in [2.75, 3.05) is 6.61 Å². The summed E-state index contributed by atoms with van der Waals surface area (Å²) in [4.78, 5) is 25.0. The zero-order valence-corrected chi connectivity index (χ0v) is 15.8. The average molecular weight is 386 g/mol. The Morgan fingerprint density at radius 1 is 0.931 bits per heavy atom. The van der Waals surface area contributed by atoms with Crippen LogP contribution in [0.25, 0.3) is 22.1 Å². The Kier molecular flexibility index (Phi) is 5.12. The second kappa shape index (κ2) is 8.02. The Bertz CT molecular complexity index is 1220. The van der Waals surface area contributed by atoms with E-state index in [2.05, 4.69) is 0 Å². The summed E-state index contributed by atoms with van der Waals surface area (Å²) < 4.78 is 16.4. The molecular formula is C24H18O5. The molecule has 0 aliphatic rings. The molecule has 5 heteroatoms. The van der Waals surface area contributed by atoms with Crippen LogP contribution in [0, 0.1) is 0 Å². The van der Waals surface area contributed by atoms with Crippen molar-refractivity contribution < 1.29 is 18.7 Å². The number of carbonyl (C=O) groups is 1. The quantitative estimate of drug-likeness (QED) is 0.272. The van der Waals surface area contributed by atoms with Gasteiger partial charge in [-0.25, -0.2) is 9.59 Å². The predicted molar refractivity (Wildman–Crippen MR) is 110 cm³/mol. The van der Waals surface area contributed by atoms with Gasteiger partial charge < -0.3 is 13.9 Å². The van der Waals surface area contributed by atoms with Crippen molar-refractivity contribution in [3.8, 4) is 22.6 Å². The Hall–Kier alpha value is -3.86. The molecule has 0 aliphatic heterocycles. The molecule has 0 amide bonds. The van der Waals surface area contributed by atoms with Crippen molar-refractivity contribution in [3.05, 3.63) is 94.8 Å². The van der Waals surface area contributed by atoms with E-state index in [9.17, 15) is 9.59 Å². The Morgan fingerprint density at radius 2 is 1.69 bits per heavy atom. The molecule has 3 aromatic carbocycles. The maximum absolute atomic E-state index is 12.6. The van der Waals surface area contributed by atoms with Gasteiger partial charge in [-0.15, -0.1) is 0 Å². The smallest absolute Gasteiger partial charge is 0.347 e. The number of benzene rings is 3.